The van der Waals surface area contributed by atoms with Crippen molar-refractivity contribution in [2.45, 2.75) is 25.4 Å². The second-order valence-corrected chi connectivity index (χ2v) is 2.32. The zero-order valence-electron chi connectivity index (χ0n) is 6.37. The predicted octanol–water partition coefficient (Wildman–Crippen LogP) is 2.42. The van der Waals surface area contributed by atoms with Crippen molar-refractivity contribution in [1.82, 2.24) is 0 Å². The summed E-state index contributed by atoms with van der Waals surface area (Å²) < 4.78 is 69.8. The summed E-state index contributed by atoms with van der Waals surface area (Å²) in [4.78, 5) is 0. The van der Waals surface area contributed by atoms with Crippen LogP contribution in [0.25, 0.3) is 0 Å². The van der Waals surface area contributed by atoms with E-state index in [1.54, 1.807) is 0 Å². The van der Waals surface area contributed by atoms with Gasteiger partial charge in [-0.25, -0.2) is 0 Å². The molecular weight excluding hydrogens is 202 g/mol. The number of rotatable bonds is 1. The maximum atomic E-state index is 11.8. The Hall–Kier alpha value is -0.720. The van der Waals surface area contributed by atoms with E-state index in [9.17, 15) is 26.3 Å². The van der Waals surface area contributed by atoms with Gasteiger partial charge in [0.25, 0.3) is 0 Å². The van der Waals surface area contributed by atoms with Gasteiger partial charge in [0.1, 0.15) is 0 Å². The van der Waals surface area contributed by atoms with Crippen molar-refractivity contribution >= 4 is 0 Å². The van der Waals surface area contributed by atoms with Gasteiger partial charge in [0, 0.05) is 6.08 Å². The van der Waals surface area contributed by atoms with Crippen LogP contribution in [0.3, 0.4) is 0 Å². The number of allylic oxidation sites excluding steroid dienone is 1. The molecule has 0 heterocycles. The summed E-state index contributed by atoms with van der Waals surface area (Å²) in [6.45, 7) is 0.616. The fourth-order valence-electron chi connectivity index (χ4n) is 0.616. The van der Waals surface area contributed by atoms with E-state index in [0.717, 1.165) is 0 Å². The molecule has 0 rings (SSSR count). The third-order valence-electron chi connectivity index (χ3n) is 1.10. The molecule has 0 aliphatic carbocycles. The van der Waals surface area contributed by atoms with Crippen molar-refractivity contribution in [3.63, 3.8) is 0 Å². The first-order valence-electron chi connectivity index (χ1n) is 3.09. The van der Waals surface area contributed by atoms with E-state index in [1.165, 1.54) is 0 Å². The molecule has 0 aromatic rings. The smallest absolute Gasteiger partial charge is 0.389 e. The fraction of sp³-hybridized carbons (Fsp3) is 0.667. The number of halogens is 6. The van der Waals surface area contributed by atoms with Crippen LogP contribution in [-0.4, -0.2) is 23.6 Å². The van der Waals surface area contributed by atoms with Crippen LogP contribution in [0.1, 0.15) is 6.92 Å². The Morgan fingerprint density at radius 3 is 1.62 bits per heavy atom. The minimum Gasteiger partial charge on any atom is -0.389 e. The highest BCUT2D eigenvalue weighted by molar-refractivity contribution is 5.15. The lowest BCUT2D eigenvalue weighted by Gasteiger charge is -2.14. The first-order chi connectivity index (χ1) is 5.54. The Morgan fingerprint density at radius 1 is 1.15 bits per heavy atom. The summed E-state index contributed by atoms with van der Waals surface area (Å²) >= 11 is 0. The van der Waals surface area contributed by atoms with Gasteiger partial charge >= 0.3 is 12.4 Å². The molecule has 1 nitrogen and oxygen atoms in total. The van der Waals surface area contributed by atoms with Gasteiger partial charge in [-0.3, -0.25) is 0 Å². The van der Waals surface area contributed by atoms with E-state index in [0.29, 0.717) is 6.92 Å². The fourth-order valence-corrected chi connectivity index (χ4v) is 0.616. The van der Waals surface area contributed by atoms with Crippen molar-refractivity contribution in [3.05, 3.63) is 11.6 Å². The SMILES string of the molecule is CC(O)C(=CC(F)(F)F)C(F)(F)F. The topological polar surface area (TPSA) is 20.2 Å². The highest BCUT2D eigenvalue weighted by atomic mass is 19.4. The molecule has 13 heavy (non-hydrogen) atoms. The lowest BCUT2D eigenvalue weighted by atomic mass is 10.1. The summed E-state index contributed by atoms with van der Waals surface area (Å²) in [6, 6.07) is 0. The molecule has 0 amide bonds. The molecule has 1 unspecified atom stereocenters. The van der Waals surface area contributed by atoms with Crippen molar-refractivity contribution < 1.29 is 31.4 Å². The summed E-state index contributed by atoms with van der Waals surface area (Å²) in [7, 11) is 0. The largest absolute Gasteiger partial charge is 0.415 e. The van der Waals surface area contributed by atoms with E-state index >= 15 is 0 Å². The highest BCUT2D eigenvalue weighted by Gasteiger charge is 2.40. The standard InChI is InChI=1S/C6H6F6O/c1-3(13)4(6(10,11)12)2-5(7,8)9/h2-3,13H,1H3. The van der Waals surface area contributed by atoms with Crippen molar-refractivity contribution in [2.75, 3.05) is 0 Å². The van der Waals surface area contributed by atoms with E-state index < -0.39 is 30.1 Å². The average Bonchev–Trinajstić information content (AvgIpc) is 1.77. The van der Waals surface area contributed by atoms with Crippen LogP contribution in [0.4, 0.5) is 26.3 Å². The molecule has 7 heteroatoms. The summed E-state index contributed by atoms with van der Waals surface area (Å²) in [5.74, 6) is 0. The summed E-state index contributed by atoms with van der Waals surface area (Å²) in [5.41, 5.74) is -2.00. The van der Waals surface area contributed by atoms with Gasteiger partial charge in [-0.05, 0) is 6.92 Å². The Kier molecular flexibility index (Phi) is 3.37. The van der Waals surface area contributed by atoms with E-state index in [2.05, 4.69) is 0 Å². The molecule has 78 valence electrons. The van der Waals surface area contributed by atoms with Gasteiger partial charge in [-0.1, -0.05) is 0 Å². The molecule has 0 radical (unpaired) electrons. The zero-order valence-corrected chi connectivity index (χ0v) is 6.37. The van der Waals surface area contributed by atoms with Gasteiger partial charge in [0.2, 0.25) is 0 Å². The second-order valence-electron chi connectivity index (χ2n) is 2.32. The number of aliphatic hydroxyl groups is 1. The number of hydrogen-bond acceptors (Lipinski definition) is 1. The molecule has 0 aromatic carbocycles. The monoisotopic (exact) mass is 208 g/mol. The van der Waals surface area contributed by atoms with Crippen LogP contribution in [0.5, 0.6) is 0 Å². The van der Waals surface area contributed by atoms with E-state index in [4.69, 9.17) is 5.11 Å². The normalized spacial score (nSPS) is 17.4. The average molecular weight is 208 g/mol. The van der Waals surface area contributed by atoms with Gasteiger partial charge in [-0.2, -0.15) is 26.3 Å². The number of hydrogen-bond donors (Lipinski definition) is 1. The maximum absolute atomic E-state index is 11.8. The second kappa shape index (κ2) is 3.57. The summed E-state index contributed by atoms with van der Waals surface area (Å²) in [6.07, 6.45) is -13.4. The Morgan fingerprint density at radius 2 is 1.54 bits per heavy atom. The first kappa shape index (κ1) is 12.3. The maximum Gasteiger partial charge on any atom is 0.415 e. The van der Waals surface area contributed by atoms with Crippen LogP contribution in [0, 0.1) is 0 Å². The molecule has 0 fully saturated rings. The van der Waals surface area contributed by atoms with Crippen LogP contribution < -0.4 is 0 Å². The van der Waals surface area contributed by atoms with Gasteiger partial charge < -0.3 is 5.11 Å². The van der Waals surface area contributed by atoms with Crippen LogP contribution in [-0.2, 0) is 0 Å². The van der Waals surface area contributed by atoms with Crippen LogP contribution in [0.15, 0.2) is 11.6 Å². The van der Waals surface area contributed by atoms with Gasteiger partial charge in [0.15, 0.2) is 0 Å². The Labute approximate surface area is 69.7 Å². The molecule has 0 aliphatic rings. The van der Waals surface area contributed by atoms with Gasteiger partial charge in [0.05, 0.1) is 11.7 Å². The minimum atomic E-state index is -5.16. The van der Waals surface area contributed by atoms with E-state index in [-0.39, 0.29) is 0 Å². The zero-order chi connectivity index (χ0) is 10.9. The number of alkyl halides is 6. The molecule has 0 saturated carbocycles. The third-order valence-corrected chi connectivity index (χ3v) is 1.10. The molecule has 0 aromatic heterocycles. The Bertz CT molecular complexity index is 198. The van der Waals surface area contributed by atoms with E-state index in [1.807, 2.05) is 0 Å². The number of aliphatic hydroxyl groups excluding tert-OH is 1. The lowest BCUT2D eigenvalue weighted by molar-refractivity contribution is -0.117. The Balaban J connectivity index is 4.95. The van der Waals surface area contributed by atoms with Crippen molar-refractivity contribution in [2.24, 2.45) is 0 Å². The lowest BCUT2D eigenvalue weighted by Crippen LogP contribution is -2.24. The first-order valence-corrected chi connectivity index (χ1v) is 3.09. The molecule has 0 saturated heterocycles. The molecule has 0 spiro atoms. The minimum absolute atomic E-state index is 0.616. The van der Waals surface area contributed by atoms with Crippen LogP contribution in [0.2, 0.25) is 0 Å². The molecule has 1 atom stereocenters. The quantitative estimate of drug-likeness (QED) is 0.518. The molecule has 0 bridgehead atoms. The molecular formula is C6H6F6O. The third kappa shape index (κ3) is 4.76. The van der Waals surface area contributed by atoms with Crippen LogP contribution >= 0.6 is 0 Å². The van der Waals surface area contributed by atoms with Crippen molar-refractivity contribution in [3.8, 4) is 0 Å². The molecule has 1 N–H and O–H groups in total. The summed E-state index contributed by atoms with van der Waals surface area (Å²) in [5, 5.41) is 8.42. The van der Waals surface area contributed by atoms with Gasteiger partial charge in [-0.15, -0.1) is 0 Å². The van der Waals surface area contributed by atoms with Crippen molar-refractivity contribution in [1.29, 1.82) is 0 Å². The predicted molar refractivity (Wildman–Crippen MR) is 31.9 cm³/mol. The highest BCUT2D eigenvalue weighted by Crippen LogP contribution is 2.32. The molecule has 0 aliphatic heterocycles.